The summed E-state index contributed by atoms with van der Waals surface area (Å²) >= 11 is 0. The summed E-state index contributed by atoms with van der Waals surface area (Å²) in [7, 11) is 6.83. The molecular weight excluding hydrogens is 366 g/mol. The van der Waals surface area contributed by atoms with Crippen molar-refractivity contribution in [2.75, 3.05) is 41.5 Å². The minimum atomic E-state index is 0.375. The fourth-order valence-corrected chi connectivity index (χ4v) is 5.13. The molecule has 5 heteroatoms. The van der Waals surface area contributed by atoms with Crippen LogP contribution in [-0.2, 0) is 12.8 Å². The van der Waals surface area contributed by atoms with E-state index in [1.165, 1.54) is 41.6 Å². The van der Waals surface area contributed by atoms with Gasteiger partial charge in [-0.3, -0.25) is 4.90 Å². The maximum absolute atomic E-state index is 5.91. The Bertz CT molecular complexity index is 951. The zero-order chi connectivity index (χ0) is 20.1. The first-order valence-corrected chi connectivity index (χ1v) is 10.5. The number of benzene rings is 2. The molecule has 0 amide bonds. The van der Waals surface area contributed by atoms with E-state index in [1.807, 2.05) is 0 Å². The quantitative estimate of drug-likeness (QED) is 0.731. The van der Waals surface area contributed by atoms with Gasteiger partial charge in [-0.25, -0.2) is 0 Å². The molecule has 0 saturated heterocycles. The Balaban J connectivity index is 1.75. The van der Waals surface area contributed by atoms with Gasteiger partial charge < -0.3 is 18.9 Å². The summed E-state index contributed by atoms with van der Waals surface area (Å²) in [6.07, 6.45) is 4.78. The second kappa shape index (κ2) is 7.13. The number of methoxy groups -OCH3 is 4. The predicted molar refractivity (Wildman–Crippen MR) is 113 cm³/mol. The number of fused-ring (bicyclic) bond motifs is 2. The Morgan fingerprint density at radius 3 is 2.21 bits per heavy atom. The fraction of sp³-hybridized carbons (Fsp3) is 0.500. The highest BCUT2D eigenvalue weighted by Gasteiger charge is 2.39. The molecule has 0 radical (unpaired) electrons. The van der Waals surface area contributed by atoms with Crippen molar-refractivity contribution in [2.24, 2.45) is 5.92 Å². The van der Waals surface area contributed by atoms with Gasteiger partial charge in [0.15, 0.2) is 23.0 Å². The van der Waals surface area contributed by atoms with Crippen LogP contribution in [-0.4, -0.2) is 46.4 Å². The lowest BCUT2D eigenvalue weighted by atomic mass is 9.76. The van der Waals surface area contributed by atoms with Crippen LogP contribution in [0.5, 0.6) is 23.0 Å². The second-order valence-electron chi connectivity index (χ2n) is 8.33. The summed E-state index contributed by atoms with van der Waals surface area (Å²) in [5.74, 6) is 4.01. The molecule has 1 unspecified atom stereocenters. The van der Waals surface area contributed by atoms with Crippen molar-refractivity contribution in [3.63, 3.8) is 0 Å². The van der Waals surface area contributed by atoms with Gasteiger partial charge in [-0.2, -0.15) is 0 Å². The molecule has 29 heavy (non-hydrogen) atoms. The fourth-order valence-electron chi connectivity index (χ4n) is 5.13. The van der Waals surface area contributed by atoms with Gasteiger partial charge in [0.2, 0.25) is 0 Å². The van der Waals surface area contributed by atoms with Gasteiger partial charge in [-0.15, -0.1) is 0 Å². The van der Waals surface area contributed by atoms with Crippen LogP contribution in [0.3, 0.4) is 0 Å². The molecule has 0 bridgehead atoms. The average Bonchev–Trinajstić information content (AvgIpc) is 3.57. The molecule has 154 valence electrons. The smallest absolute Gasteiger partial charge is 0.168 e. The molecule has 2 aromatic rings. The molecule has 2 aliphatic carbocycles. The molecule has 5 rings (SSSR count). The Morgan fingerprint density at radius 1 is 0.862 bits per heavy atom. The third-order valence-electron chi connectivity index (χ3n) is 6.72. The van der Waals surface area contributed by atoms with E-state index in [1.54, 1.807) is 28.4 Å². The third-order valence-corrected chi connectivity index (χ3v) is 6.72. The lowest BCUT2D eigenvalue weighted by Crippen LogP contribution is -2.39. The highest BCUT2D eigenvalue weighted by molar-refractivity contribution is 5.85. The molecule has 1 saturated carbocycles. The van der Waals surface area contributed by atoms with E-state index < -0.39 is 0 Å². The number of hydrogen-bond acceptors (Lipinski definition) is 5. The summed E-state index contributed by atoms with van der Waals surface area (Å²) in [6.45, 7) is 2.30. The van der Waals surface area contributed by atoms with Crippen molar-refractivity contribution in [3.05, 3.63) is 34.9 Å². The lowest BCUT2D eigenvalue weighted by molar-refractivity contribution is 0.174. The molecule has 1 fully saturated rings. The number of ether oxygens (including phenoxy) is 4. The van der Waals surface area contributed by atoms with Crippen LogP contribution in [0.2, 0.25) is 0 Å². The first-order valence-electron chi connectivity index (χ1n) is 10.5. The topological polar surface area (TPSA) is 40.2 Å². The van der Waals surface area contributed by atoms with E-state index in [9.17, 15) is 0 Å². The standard InChI is InChI=1S/C24H29NO4/c1-26-19-11-16-9-18-22-15(7-8-25(18)13-14-5-6-14)10-21(28-3)24(29-4)23(22)17(16)12-20(19)27-2/h10-12,14,18H,5-9,13H2,1-4H3. The maximum Gasteiger partial charge on any atom is 0.168 e. The number of nitrogens with zero attached hydrogens (tertiary/aromatic N) is 1. The third kappa shape index (κ3) is 2.94. The van der Waals surface area contributed by atoms with Gasteiger partial charge in [-0.1, -0.05) is 0 Å². The maximum atomic E-state index is 5.91. The highest BCUT2D eigenvalue weighted by atomic mass is 16.5. The molecule has 0 spiro atoms. The van der Waals surface area contributed by atoms with Crippen LogP contribution >= 0.6 is 0 Å². The second-order valence-corrected chi connectivity index (χ2v) is 8.33. The highest BCUT2D eigenvalue weighted by Crippen LogP contribution is 2.54. The number of rotatable bonds is 6. The van der Waals surface area contributed by atoms with Crippen LogP contribution in [0, 0.1) is 5.92 Å². The minimum Gasteiger partial charge on any atom is -0.493 e. The molecule has 1 heterocycles. The molecule has 1 atom stereocenters. The monoisotopic (exact) mass is 395 g/mol. The number of hydrogen-bond donors (Lipinski definition) is 0. The van der Waals surface area contributed by atoms with Gasteiger partial charge in [0, 0.05) is 24.7 Å². The van der Waals surface area contributed by atoms with E-state index >= 15 is 0 Å². The lowest BCUT2D eigenvalue weighted by Gasteiger charge is -2.42. The van der Waals surface area contributed by atoms with Crippen LogP contribution in [0.15, 0.2) is 18.2 Å². The summed E-state index contributed by atoms with van der Waals surface area (Å²) in [5.41, 5.74) is 6.40. The van der Waals surface area contributed by atoms with Gasteiger partial charge >= 0.3 is 0 Å². The van der Waals surface area contributed by atoms with Crippen molar-refractivity contribution in [2.45, 2.75) is 31.7 Å². The van der Waals surface area contributed by atoms with Crippen LogP contribution in [0.1, 0.15) is 35.6 Å². The van der Waals surface area contributed by atoms with Gasteiger partial charge in [0.05, 0.1) is 28.4 Å². The SMILES string of the molecule is COc1cc2c(cc1OC)-c1c(OC)c(OC)cc3c1C(C2)N(CC1CC1)CC3. The van der Waals surface area contributed by atoms with Crippen molar-refractivity contribution >= 4 is 0 Å². The van der Waals surface area contributed by atoms with Crippen molar-refractivity contribution in [1.29, 1.82) is 0 Å². The van der Waals surface area contributed by atoms with E-state index in [2.05, 4.69) is 23.1 Å². The van der Waals surface area contributed by atoms with Crippen LogP contribution in [0.4, 0.5) is 0 Å². The Hall–Kier alpha value is -2.40. The Labute approximate surface area is 172 Å². The largest absolute Gasteiger partial charge is 0.493 e. The molecule has 3 aliphatic rings. The molecule has 2 aromatic carbocycles. The summed E-state index contributed by atoms with van der Waals surface area (Å²) in [4.78, 5) is 2.69. The zero-order valence-corrected chi connectivity index (χ0v) is 17.7. The summed E-state index contributed by atoms with van der Waals surface area (Å²) in [6, 6.07) is 6.80. The minimum absolute atomic E-state index is 0.375. The molecule has 1 aliphatic heterocycles. The first kappa shape index (κ1) is 18.6. The zero-order valence-electron chi connectivity index (χ0n) is 17.7. The van der Waals surface area contributed by atoms with E-state index in [0.29, 0.717) is 6.04 Å². The van der Waals surface area contributed by atoms with E-state index in [-0.39, 0.29) is 0 Å². The van der Waals surface area contributed by atoms with E-state index in [0.717, 1.165) is 53.9 Å². The summed E-state index contributed by atoms with van der Waals surface area (Å²) in [5, 5.41) is 0. The van der Waals surface area contributed by atoms with Gasteiger partial charge in [-0.05, 0) is 72.1 Å². The van der Waals surface area contributed by atoms with Gasteiger partial charge in [0.1, 0.15) is 0 Å². The van der Waals surface area contributed by atoms with Crippen molar-refractivity contribution in [1.82, 2.24) is 4.90 Å². The summed E-state index contributed by atoms with van der Waals surface area (Å²) < 4.78 is 22.9. The molecule has 0 N–H and O–H groups in total. The van der Waals surface area contributed by atoms with Crippen LogP contribution < -0.4 is 18.9 Å². The van der Waals surface area contributed by atoms with Crippen molar-refractivity contribution < 1.29 is 18.9 Å². The molecule has 0 aromatic heterocycles. The molecule has 5 nitrogen and oxygen atoms in total. The Morgan fingerprint density at radius 2 is 1.55 bits per heavy atom. The molecular formula is C24H29NO4. The normalized spacial score (nSPS) is 19.9. The Kier molecular flexibility index (Phi) is 4.58. The van der Waals surface area contributed by atoms with E-state index in [4.69, 9.17) is 18.9 Å². The average molecular weight is 395 g/mol. The first-order chi connectivity index (χ1) is 14.2. The van der Waals surface area contributed by atoms with Crippen molar-refractivity contribution in [3.8, 4) is 34.1 Å². The van der Waals surface area contributed by atoms with Crippen LogP contribution in [0.25, 0.3) is 11.1 Å². The predicted octanol–water partition coefficient (Wildman–Crippen LogP) is 4.25. The van der Waals surface area contributed by atoms with Gasteiger partial charge in [0.25, 0.3) is 0 Å².